The van der Waals surface area contributed by atoms with E-state index in [9.17, 15) is 49.6 Å². The van der Waals surface area contributed by atoms with Crippen LogP contribution in [0.2, 0.25) is 0 Å². The molecule has 9 nitrogen and oxygen atoms in total. The molecule has 2 amide bonds. The van der Waals surface area contributed by atoms with Crippen LogP contribution in [0.25, 0.3) is 0 Å². The van der Waals surface area contributed by atoms with Gasteiger partial charge in [-0.05, 0) is 57.4 Å². The Hall–Kier alpha value is -3.06. The lowest BCUT2D eigenvalue weighted by Crippen LogP contribution is -2.53. The summed E-state index contributed by atoms with van der Waals surface area (Å²) in [5.74, 6) is -2.50. The second kappa shape index (κ2) is 10.0. The molecule has 2 aliphatic heterocycles. The van der Waals surface area contributed by atoms with E-state index < -0.39 is 92.5 Å². The van der Waals surface area contributed by atoms with Gasteiger partial charge < -0.3 is 20.0 Å². The van der Waals surface area contributed by atoms with Crippen molar-refractivity contribution in [2.24, 2.45) is 5.41 Å². The van der Waals surface area contributed by atoms with E-state index in [1.807, 2.05) is 18.0 Å². The van der Waals surface area contributed by atoms with Crippen LogP contribution in [0.4, 0.5) is 32.0 Å². The minimum Gasteiger partial charge on any atom is -0.369 e. The molecule has 0 aromatic heterocycles. The number of nitrogens with zero attached hydrogens (tertiary/aromatic N) is 4. The highest BCUT2D eigenvalue weighted by Crippen LogP contribution is 2.59. The summed E-state index contributed by atoms with van der Waals surface area (Å²) in [6, 6.07) is 3.00. The number of halogens is 6. The topological polar surface area (TPSA) is 114 Å². The monoisotopic (exact) mass is 621 g/mol. The molecule has 4 fully saturated rings. The van der Waals surface area contributed by atoms with Crippen molar-refractivity contribution in [3.05, 3.63) is 23.8 Å². The van der Waals surface area contributed by atoms with Crippen molar-refractivity contribution < 1.29 is 44.3 Å². The summed E-state index contributed by atoms with van der Waals surface area (Å²) in [6.07, 6.45) is -11.3. The van der Waals surface area contributed by atoms with Crippen LogP contribution in [0.15, 0.2) is 23.1 Å². The summed E-state index contributed by atoms with van der Waals surface area (Å²) in [7, 11) is -3.04. The van der Waals surface area contributed by atoms with Gasteiger partial charge in [-0.2, -0.15) is 31.6 Å². The summed E-state index contributed by atoms with van der Waals surface area (Å²) in [5, 5.41) is 9.94. The maximum Gasteiger partial charge on any atom is 0.417 e. The Morgan fingerprint density at radius 3 is 2.14 bits per heavy atom. The molecule has 0 radical (unpaired) electrons. The first kappa shape index (κ1) is 30.4. The molecule has 230 valence electrons. The van der Waals surface area contributed by atoms with Gasteiger partial charge in [-0.25, -0.2) is 8.42 Å². The van der Waals surface area contributed by atoms with Crippen LogP contribution >= 0.6 is 0 Å². The fourth-order valence-electron chi connectivity index (χ4n) is 5.65. The average molecular weight is 622 g/mol. The molecule has 2 heterocycles. The zero-order valence-electron chi connectivity index (χ0n) is 22.6. The SMILES string of the molecule is CN1CCN(c2ccc(S(=O)(=O)[C@@H]3C[C@@H](C(=O)NC4(C#N)CC4)N(C(=O)C4(C(F)(F)F)CC4)C3)c(C(F)(F)F)c2)CC1. The molecule has 42 heavy (non-hydrogen) atoms. The smallest absolute Gasteiger partial charge is 0.369 e. The van der Waals surface area contributed by atoms with E-state index in [1.165, 1.54) is 6.07 Å². The quantitative estimate of drug-likeness (QED) is 0.486. The molecule has 0 bridgehead atoms. The molecule has 1 aromatic carbocycles. The van der Waals surface area contributed by atoms with E-state index in [1.54, 1.807) is 4.90 Å². The summed E-state index contributed by atoms with van der Waals surface area (Å²) in [5.41, 5.74) is -5.31. The summed E-state index contributed by atoms with van der Waals surface area (Å²) < 4.78 is 112. The Kier molecular flexibility index (Phi) is 7.24. The third kappa shape index (κ3) is 5.29. The number of amides is 2. The largest absolute Gasteiger partial charge is 0.417 e. The Bertz CT molecular complexity index is 1420. The van der Waals surface area contributed by atoms with Crippen molar-refractivity contribution in [1.29, 1.82) is 5.26 Å². The maximum absolute atomic E-state index is 14.2. The fourth-order valence-corrected chi connectivity index (χ4v) is 7.54. The number of likely N-dealkylation sites (tertiary alicyclic amines) is 1. The summed E-state index contributed by atoms with van der Waals surface area (Å²) in [6.45, 7) is 1.11. The number of piperazine rings is 1. The third-order valence-corrected chi connectivity index (χ3v) is 10.9. The number of anilines is 1. The van der Waals surface area contributed by atoms with Gasteiger partial charge in [-0.1, -0.05) is 0 Å². The van der Waals surface area contributed by atoms with Crippen LogP contribution < -0.4 is 10.2 Å². The number of rotatable bonds is 6. The molecular formula is C26H29F6N5O4S. The summed E-state index contributed by atoms with van der Waals surface area (Å²) in [4.78, 5) is 29.5. The number of nitrogens with one attached hydrogen (secondary N) is 1. The Labute approximate surface area is 238 Å². The van der Waals surface area contributed by atoms with E-state index in [-0.39, 0.29) is 18.5 Å². The number of benzene rings is 1. The zero-order valence-corrected chi connectivity index (χ0v) is 23.4. The molecule has 2 atom stereocenters. The van der Waals surface area contributed by atoms with Crippen molar-refractivity contribution in [2.75, 3.05) is 44.7 Å². The first-order valence-electron chi connectivity index (χ1n) is 13.4. The predicted molar refractivity (Wildman–Crippen MR) is 136 cm³/mol. The van der Waals surface area contributed by atoms with Gasteiger partial charge in [-0.15, -0.1) is 0 Å². The van der Waals surface area contributed by atoms with E-state index in [0.717, 1.165) is 12.1 Å². The van der Waals surface area contributed by atoms with Gasteiger partial charge in [0.1, 0.15) is 17.0 Å². The molecule has 0 unspecified atom stereocenters. The molecule has 1 aromatic rings. The molecule has 2 aliphatic carbocycles. The Morgan fingerprint density at radius 2 is 1.64 bits per heavy atom. The number of hydrogen-bond acceptors (Lipinski definition) is 7. The van der Waals surface area contributed by atoms with Crippen LogP contribution in [-0.2, 0) is 25.6 Å². The summed E-state index contributed by atoms with van der Waals surface area (Å²) >= 11 is 0. The maximum atomic E-state index is 14.2. The number of carbonyl (C=O) groups excluding carboxylic acids is 2. The molecule has 2 saturated carbocycles. The van der Waals surface area contributed by atoms with Crippen LogP contribution in [0.1, 0.15) is 37.7 Å². The second-order valence-corrected chi connectivity index (χ2v) is 13.8. The van der Waals surface area contributed by atoms with Gasteiger partial charge in [0.05, 0.1) is 21.8 Å². The number of sulfone groups is 1. The Morgan fingerprint density at radius 1 is 1.02 bits per heavy atom. The van der Waals surface area contributed by atoms with Crippen LogP contribution in [0, 0.1) is 16.7 Å². The normalized spacial score (nSPS) is 25.6. The number of nitriles is 1. The van der Waals surface area contributed by atoms with Crippen molar-refractivity contribution in [3.8, 4) is 6.07 Å². The fraction of sp³-hybridized carbons (Fsp3) is 0.654. The highest BCUT2D eigenvalue weighted by molar-refractivity contribution is 7.92. The van der Waals surface area contributed by atoms with Gasteiger partial charge in [0.25, 0.3) is 0 Å². The van der Waals surface area contributed by atoms with Crippen molar-refractivity contribution in [1.82, 2.24) is 15.1 Å². The standard InChI is InChI=1S/C26H29F6N5O4S/c1-35-8-10-36(11-9-35)16-2-3-20(18(12-16)25(27,28)29)42(40,41)17-13-19(21(38)34-23(15-33)4-5-23)37(14-17)22(39)24(6-7-24)26(30,31)32/h2-3,12,17,19H,4-11,13-14H2,1H3,(H,34,38)/t17-,19+/m1/s1. The predicted octanol–water partition coefficient (Wildman–Crippen LogP) is 2.72. The van der Waals surface area contributed by atoms with Gasteiger partial charge in [0, 0.05) is 38.4 Å². The number of likely N-dealkylation sites (N-methyl/N-ethyl adjacent to an activating group) is 1. The van der Waals surface area contributed by atoms with Gasteiger partial charge in [-0.3, -0.25) is 9.59 Å². The van der Waals surface area contributed by atoms with Crippen LogP contribution in [0.5, 0.6) is 0 Å². The minimum absolute atomic E-state index is 0.168. The van der Waals surface area contributed by atoms with E-state index >= 15 is 0 Å². The Balaban J connectivity index is 1.48. The van der Waals surface area contributed by atoms with Gasteiger partial charge in [0.2, 0.25) is 11.8 Å². The van der Waals surface area contributed by atoms with Crippen LogP contribution in [-0.4, -0.2) is 92.8 Å². The zero-order chi connectivity index (χ0) is 30.9. The van der Waals surface area contributed by atoms with E-state index in [0.29, 0.717) is 31.1 Å². The molecule has 1 N–H and O–H groups in total. The molecule has 0 spiro atoms. The molecule has 2 saturated heterocycles. The molecule has 4 aliphatic rings. The van der Waals surface area contributed by atoms with Crippen molar-refractivity contribution in [2.45, 2.75) is 66.2 Å². The number of hydrogen-bond donors (Lipinski definition) is 1. The minimum atomic E-state index is -5.09. The number of carbonyl (C=O) groups is 2. The highest BCUT2D eigenvalue weighted by atomic mass is 32.2. The lowest BCUT2D eigenvalue weighted by Gasteiger charge is -2.34. The van der Waals surface area contributed by atoms with Gasteiger partial charge >= 0.3 is 12.4 Å². The second-order valence-electron chi connectivity index (χ2n) is 11.6. The average Bonchev–Trinajstić information content (AvgIpc) is 3.84. The first-order chi connectivity index (χ1) is 19.4. The van der Waals surface area contributed by atoms with E-state index in [4.69, 9.17) is 0 Å². The molecular weight excluding hydrogens is 592 g/mol. The molecule has 16 heteroatoms. The number of alkyl halides is 6. The first-order valence-corrected chi connectivity index (χ1v) is 15.0. The van der Waals surface area contributed by atoms with Crippen molar-refractivity contribution >= 4 is 27.3 Å². The third-order valence-electron chi connectivity index (χ3n) is 8.74. The van der Waals surface area contributed by atoms with E-state index in [2.05, 4.69) is 5.32 Å². The lowest BCUT2D eigenvalue weighted by molar-refractivity contribution is -0.199. The lowest BCUT2D eigenvalue weighted by atomic mass is 10.0. The molecule has 5 rings (SSSR count). The van der Waals surface area contributed by atoms with Crippen molar-refractivity contribution in [3.63, 3.8) is 0 Å². The van der Waals surface area contributed by atoms with Crippen LogP contribution in [0.3, 0.4) is 0 Å². The van der Waals surface area contributed by atoms with Gasteiger partial charge in [0.15, 0.2) is 9.84 Å². The highest BCUT2D eigenvalue weighted by Gasteiger charge is 2.70.